The molecule has 0 saturated carbocycles. The minimum Gasteiger partial charge on any atom is -0.354 e. The maximum Gasteiger partial charge on any atom is 0.217 e. The fourth-order valence-electron chi connectivity index (χ4n) is 1.96. The zero-order valence-electron chi connectivity index (χ0n) is 9.91. The van der Waals surface area contributed by atoms with E-state index in [1.54, 1.807) is 18.3 Å². The van der Waals surface area contributed by atoms with Gasteiger partial charge in [0, 0.05) is 38.4 Å². The minimum absolute atomic E-state index is 0.0609. The fraction of sp³-hybridized carbons (Fsp3) is 0.636. The second-order valence-electron chi connectivity index (χ2n) is 4.40. The lowest BCUT2D eigenvalue weighted by Gasteiger charge is -2.21. The van der Waals surface area contributed by atoms with Crippen molar-refractivity contribution in [2.45, 2.75) is 32.2 Å². The van der Waals surface area contributed by atoms with E-state index in [1.165, 1.54) is 10.6 Å². The molecule has 0 bridgehead atoms. The Morgan fingerprint density at radius 2 is 2.31 bits per heavy atom. The van der Waals surface area contributed by atoms with E-state index in [-0.39, 0.29) is 5.91 Å². The first kappa shape index (κ1) is 11.4. The van der Waals surface area contributed by atoms with Crippen molar-refractivity contribution in [3.8, 4) is 0 Å². The molecular formula is C11H17N3OS. The average molecular weight is 239 g/mol. The first-order valence-electron chi connectivity index (χ1n) is 5.49. The number of hydrogen-bond donors (Lipinski definition) is 1. The number of nitrogens with one attached hydrogen (secondary N) is 1. The van der Waals surface area contributed by atoms with E-state index >= 15 is 0 Å². The fourth-order valence-corrected chi connectivity index (χ4v) is 3.07. The van der Waals surface area contributed by atoms with Crippen molar-refractivity contribution in [2.75, 3.05) is 19.0 Å². The predicted octanol–water partition coefficient (Wildman–Crippen LogP) is 1.20. The molecule has 2 rings (SSSR count). The van der Waals surface area contributed by atoms with Gasteiger partial charge in [0.1, 0.15) is 0 Å². The molecule has 1 aliphatic carbocycles. The van der Waals surface area contributed by atoms with Crippen molar-refractivity contribution in [1.29, 1.82) is 0 Å². The molecule has 0 fully saturated rings. The standard InChI is InChI=1S/C11H17N3OS/c1-7(15)12-8-4-5-9-10(6-8)16-11(13-9)14(2)3/h8H,4-6H2,1-3H3,(H,12,15). The van der Waals surface area contributed by atoms with Crippen LogP contribution in [0.5, 0.6) is 0 Å². The van der Waals surface area contributed by atoms with E-state index in [4.69, 9.17) is 0 Å². The molecule has 1 amide bonds. The molecule has 88 valence electrons. The molecule has 0 aliphatic heterocycles. The van der Waals surface area contributed by atoms with Crippen LogP contribution in [0.3, 0.4) is 0 Å². The number of amides is 1. The van der Waals surface area contributed by atoms with Crippen LogP contribution < -0.4 is 10.2 Å². The average Bonchev–Trinajstić information content (AvgIpc) is 2.59. The molecule has 1 aromatic rings. The van der Waals surface area contributed by atoms with Crippen LogP contribution >= 0.6 is 11.3 Å². The molecule has 1 aromatic heterocycles. The van der Waals surface area contributed by atoms with Crippen molar-refractivity contribution in [3.05, 3.63) is 10.6 Å². The zero-order valence-corrected chi connectivity index (χ0v) is 10.7. The third-order valence-electron chi connectivity index (χ3n) is 2.72. The van der Waals surface area contributed by atoms with Gasteiger partial charge in [-0.25, -0.2) is 4.98 Å². The van der Waals surface area contributed by atoms with Gasteiger partial charge < -0.3 is 10.2 Å². The molecule has 16 heavy (non-hydrogen) atoms. The van der Waals surface area contributed by atoms with Gasteiger partial charge in [-0.3, -0.25) is 4.79 Å². The Hall–Kier alpha value is -1.10. The lowest BCUT2D eigenvalue weighted by atomic mass is 9.98. The van der Waals surface area contributed by atoms with Gasteiger partial charge in [-0.05, 0) is 12.8 Å². The normalized spacial score (nSPS) is 19.1. The molecule has 1 unspecified atom stereocenters. The van der Waals surface area contributed by atoms with E-state index in [1.807, 2.05) is 19.0 Å². The molecule has 5 heteroatoms. The van der Waals surface area contributed by atoms with Crippen LogP contribution in [0.4, 0.5) is 5.13 Å². The van der Waals surface area contributed by atoms with Crippen LogP contribution in [-0.2, 0) is 17.6 Å². The summed E-state index contributed by atoms with van der Waals surface area (Å²) in [4.78, 5) is 19.0. The van der Waals surface area contributed by atoms with Crippen molar-refractivity contribution in [2.24, 2.45) is 0 Å². The third kappa shape index (κ3) is 2.35. The topological polar surface area (TPSA) is 45.2 Å². The molecule has 0 radical (unpaired) electrons. The van der Waals surface area contributed by atoms with E-state index < -0.39 is 0 Å². The highest BCUT2D eigenvalue weighted by molar-refractivity contribution is 7.15. The van der Waals surface area contributed by atoms with Crippen molar-refractivity contribution >= 4 is 22.4 Å². The van der Waals surface area contributed by atoms with E-state index in [9.17, 15) is 4.79 Å². The van der Waals surface area contributed by atoms with Gasteiger partial charge in [-0.15, -0.1) is 11.3 Å². The van der Waals surface area contributed by atoms with Crippen molar-refractivity contribution in [1.82, 2.24) is 10.3 Å². The second-order valence-corrected chi connectivity index (χ2v) is 5.46. The maximum atomic E-state index is 11.0. The van der Waals surface area contributed by atoms with Gasteiger partial charge >= 0.3 is 0 Å². The Morgan fingerprint density at radius 3 is 2.94 bits per heavy atom. The van der Waals surface area contributed by atoms with Gasteiger partial charge in [0.05, 0.1) is 5.69 Å². The highest BCUT2D eigenvalue weighted by Crippen LogP contribution is 2.30. The molecule has 1 heterocycles. The second kappa shape index (κ2) is 4.41. The van der Waals surface area contributed by atoms with Gasteiger partial charge in [0.25, 0.3) is 0 Å². The first-order chi connectivity index (χ1) is 7.56. The molecule has 1 aliphatic rings. The summed E-state index contributed by atoms with van der Waals surface area (Å²) in [5, 5.41) is 4.05. The number of aromatic nitrogens is 1. The number of aryl methyl sites for hydroxylation is 1. The number of anilines is 1. The SMILES string of the molecule is CC(=O)NC1CCc2nc(N(C)C)sc2C1. The molecule has 1 atom stereocenters. The number of carbonyl (C=O) groups is 1. The molecule has 0 spiro atoms. The number of fused-ring (bicyclic) bond motifs is 1. The molecule has 0 aromatic carbocycles. The molecular weight excluding hydrogens is 222 g/mol. The summed E-state index contributed by atoms with van der Waals surface area (Å²) >= 11 is 1.74. The van der Waals surface area contributed by atoms with Crippen LogP contribution in [0.25, 0.3) is 0 Å². The summed E-state index contributed by atoms with van der Waals surface area (Å²) in [6.07, 6.45) is 2.91. The summed E-state index contributed by atoms with van der Waals surface area (Å²) in [7, 11) is 4.02. The Labute approximate surface area is 99.7 Å². The summed E-state index contributed by atoms with van der Waals surface area (Å²) in [6, 6.07) is 0.292. The summed E-state index contributed by atoms with van der Waals surface area (Å²) in [5.74, 6) is 0.0609. The van der Waals surface area contributed by atoms with Crippen LogP contribution in [-0.4, -0.2) is 31.0 Å². The van der Waals surface area contributed by atoms with Crippen LogP contribution in [0.1, 0.15) is 23.9 Å². The number of carbonyl (C=O) groups excluding carboxylic acids is 1. The Balaban J connectivity index is 2.11. The molecule has 4 nitrogen and oxygen atoms in total. The number of nitrogens with zero attached hydrogens (tertiary/aromatic N) is 2. The van der Waals surface area contributed by atoms with E-state index in [0.29, 0.717) is 6.04 Å². The quantitative estimate of drug-likeness (QED) is 0.843. The smallest absolute Gasteiger partial charge is 0.217 e. The number of rotatable bonds is 2. The maximum absolute atomic E-state index is 11.0. The lowest BCUT2D eigenvalue weighted by Crippen LogP contribution is -2.37. The van der Waals surface area contributed by atoms with E-state index in [2.05, 4.69) is 10.3 Å². The Kier molecular flexibility index (Phi) is 3.14. The van der Waals surface area contributed by atoms with Crippen LogP contribution in [0.15, 0.2) is 0 Å². The molecule has 1 N–H and O–H groups in total. The van der Waals surface area contributed by atoms with Crippen LogP contribution in [0.2, 0.25) is 0 Å². The summed E-state index contributed by atoms with van der Waals surface area (Å²) in [6.45, 7) is 1.58. The predicted molar refractivity (Wildman–Crippen MR) is 66.1 cm³/mol. The van der Waals surface area contributed by atoms with Crippen molar-refractivity contribution < 1.29 is 4.79 Å². The van der Waals surface area contributed by atoms with Gasteiger partial charge in [-0.1, -0.05) is 0 Å². The van der Waals surface area contributed by atoms with Gasteiger partial charge in [0.2, 0.25) is 5.91 Å². The lowest BCUT2D eigenvalue weighted by molar-refractivity contribution is -0.119. The highest BCUT2D eigenvalue weighted by Gasteiger charge is 2.23. The van der Waals surface area contributed by atoms with Gasteiger partial charge in [0.15, 0.2) is 5.13 Å². The van der Waals surface area contributed by atoms with Crippen LogP contribution in [0, 0.1) is 0 Å². The van der Waals surface area contributed by atoms with E-state index in [0.717, 1.165) is 24.4 Å². The summed E-state index contributed by atoms with van der Waals surface area (Å²) in [5.41, 5.74) is 1.22. The van der Waals surface area contributed by atoms with Gasteiger partial charge in [-0.2, -0.15) is 0 Å². The number of hydrogen-bond acceptors (Lipinski definition) is 4. The van der Waals surface area contributed by atoms with Crippen molar-refractivity contribution in [3.63, 3.8) is 0 Å². The molecule has 0 saturated heterocycles. The Morgan fingerprint density at radius 1 is 1.56 bits per heavy atom. The largest absolute Gasteiger partial charge is 0.354 e. The summed E-state index contributed by atoms with van der Waals surface area (Å²) < 4.78 is 0. The third-order valence-corrected chi connectivity index (χ3v) is 4.01. The monoisotopic (exact) mass is 239 g/mol. The zero-order chi connectivity index (χ0) is 11.7. The first-order valence-corrected chi connectivity index (χ1v) is 6.31. The highest BCUT2D eigenvalue weighted by atomic mass is 32.1. The Bertz CT molecular complexity index is 400. The minimum atomic E-state index is 0.0609. The number of thiazole rings is 1.